The summed E-state index contributed by atoms with van der Waals surface area (Å²) in [6.45, 7) is 2.37. The fourth-order valence-corrected chi connectivity index (χ4v) is 1.05. The highest BCUT2D eigenvalue weighted by atomic mass is 16.3. The maximum Gasteiger partial charge on any atom is 0.137 e. The van der Waals surface area contributed by atoms with Crippen LogP contribution in [0.5, 0.6) is 0 Å². The Hall–Kier alpha value is -0.870. The summed E-state index contributed by atoms with van der Waals surface area (Å²) in [5, 5.41) is 9.70. The predicted octanol–water partition coefficient (Wildman–Crippen LogP) is 0.0483. The fourth-order valence-electron chi connectivity index (χ4n) is 1.05. The molecule has 1 aromatic rings. The predicted molar refractivity (Wildman–Crippen MR) is 46.4 cm³/mol. The van der Waals surface area contributed by atoms with E-state index in [0.29, 0.717) is 12.4 Å². The second-order valence-electron chi connectivity index (χ2n) is 3.05. The van der Waals surface area contributed by atoms with Crippen molar-refractivity contribution in [2.75, 3.05) is 6.54 Å². The minimum Gasteiger partial charge on any atom is -0.385 e. The van der Waals surface area contributed by atoms with Crippen molar-refractivity contribution in [3.8, 4) is 0 Å². The van der Waals surface area contributed by atoms with Crippen molar-refractivity contribution in [2.24, 2.45) is 18.7 Å². The molecule has 0 aliphatic heterocycles. The lowest BCUT2D eigenvalue weighted by Gasteiger charge is -2.16. The first kappa shape index (κ1) is 9.22. The van der Waals surface area contributed by atoms with Gasteiger partial charge in [0.2, 0.25) is 0 Å². The van der Waals surface area contributed by atoms with Crippen molar-refractivity contribution in [1.29, 1.82) is 0 Å². The van der Waals surface area contributed by atoms with E-state index < -0.39 is 6.10 Å². The van der Waals surface area contributed by atoms with Crippen molar-refractivity contribution >= 4 is 0 Å². The zero-order valence-electron chi connectivity index (χ0n) is 7.44. The topological polar surface area (TPSA) is 64.1 Å². The van der Waals surface area contributed by atoms with Crippen LogP contribution in [0.4, 0.5) is 0 Å². The molecule has 12 heavy (non-hydrogen) atoms. The van der Waals surface area contributed by atoms with Gasteiger partial charge in [-0.1, -0.05) is 6.92 Å². The van der Waals surface area contributed by atoms with Gasteiger partial charge in [0.1, 0.15) is 11.9 Å². The third-order valence-corrected chi connectivity index (χ3v) is 2.03. The van der Waals surface area contributed by atoms with Gasteiger partial charge in [-0.25, -0.2) is 4.98 Å². The van der Waals surface area contributed by atoms with Crippen molar-refractivity contribution in [3.05, 3.63) is 18.2 Å². The monoisotopic (exact) mass is 169 g/mol. The summed E-state index contributed by atoms with van der Waals surface area (Å²) in [6, 6.07) is 0. The molecule has 0 bridgehead atoms. The van der Waals surface area contributed by atoms with Crippen LogP contribution in [0.1, 0.15) is 18.9 Å². The molecule has 1 heterocycles. The van der Waals surface area contributed by atoms with Crippen LogP contribution in [-0.2, 0) is 7.05 Å². The number of nitrogens with zero attached hydrogens (tertiary/aromatic N) is 2. The van der Waals surface area contributed by atoms with Gasteiger partial charge in [0.15, 0.2) is 0 Å². The molecule has 0 amide bonds. The van der Waals surface area contributed by atoms with Crippen LogP contribution in [0.2, 0.25) is 0 Å². The van der Waals surface area contributed by atoms with Gasteiger partial charge in [0, 0.05) is 25.4 Å². The molecule has 3 N–H and O–H groups in total. The maximum atomic E-state index is 9.70. The van der Waals surface area contributed by atoms with Crippen LogP contribution in [-0.4, -0.2) is 21.2 Å². The lowest BCUT2D eigenvalue weighted by molar-refractivity contribution is 0.110. The second-order valence-corrected chi connectivity index (χ2v) is 3.05. The summed E-state index contributed by atoms with van der Waals surface area (Å²) in [4.78, 5) is 4.04. The molecular formula is C8H15N3O. The van der Waals surface area contributed by atoms with E-state index in [4.69, 9.17) is 5.73 Å². The third-order valence-electron chi connectivity index (χ3n) is 2.03. The Morgan fingerprint density at radius 2 is 2.42 bits per heavy atom. The van der Waals surface area contributed by atoms with Gasteiger partial charge >= 0.3 is 0 Å². The van der Waals surface area contributed by atoms with Gasteiger partial charge in [-0.05, 0) is 6.54 Å². The molecule has 4 heteroatoms. The molecule has 0 saturated heterocycles. The van der Waals surface area contributed by atoms with Crippen molar-refractivity contribution < 1.29 is 5.11 Å². The molecule has 2 unspecified atom stereocenters. The highest BCUT2D eigenvalue weighted by Gasteiger charge is 2.18. The smallest absolute Gasteiger partial charge is 0.137 e. The second kappa shape index (κ2) is 3.69. The molecule has 0 aromatic carbocycles. The first-order valence-electron chi connectivity index (χ1n) is 4.02. The van der Waals surface area contributed by atoms with E-state index in [0.717, 1.165) is 0 Å². The number of nitrogens with two attached hydrogens (primary N) is 1. The Morgan fingerprint density at radius 3 is 2.83 bits per heavy atom. The largest absolute Gasteiger partial charge is 0.385 e. The zero-order chi connectivity index (χ0) is 9.14. The molecule has 68 valence electrons. The molecule has 2 atom stereocenters. The molecule has 0 saturated carbocycles. The molecule has 0 aliphatic rings. The lowest BCUT2D eigenvalue weighted by Crippen LogP contribution is -2.21. The Labute approximate surface area is 72.0 Å². The number of aliphatic hydroxyl groups excluding tert-OH is 1. The molecule has 0 fully saturated rings. The van der Waals surface area contributed by atoms with E-state index in [1.54, 1.807) is 10.8 Å². The summed E-state index contributed by atoms with van der Waals surface area (Å²) < 4.78 is 1.80. The van der Waals surface area contributed by atoms with Crippen LogP contribution >= 0.6 is 0 Å². The first-order valence-corrected chi connectivity index (χ1v) is 4.02. The van der Waals surface area contributed by atoms with E-state index in [1.807, 2.05) is 20.2 Å². The molecule has 4 nitrogen and oxygen atoms in total. The first-order chi connectivity index (χ1) is 5.66. The van der Waals surface area contributed by atoms with Gasteiger partial charge in [-0.2, -0.15) is 0 Å². The van der Waals surface area contributed by atoms with Crippen molar-refractivity contribution in [2.45, 2.75) is 13.0 Å². The molecule has 0 radical (unpaired) electrons. The molecular weight excluding hydrogens is 154 g/mol. The van der Waals surface area contributed by atoms with Crippen LogP contribution in [0.15, 0.2) is 12.4 Å². The van der Waals surface area contributed by atoms with Gasteiger partial charge in [-0.3, -0.25) is 0 Å². The number of aliphatic hydroxyl groups is 1. The quantitative estimate of drug-likeness (QED) is 0.672. The third kappa shape index (κ3) is 1.65. The molecule has 0 aliphatic carbocycles. The zero-order valence-corrected chi connectivity index (χ0v) is 7.44. The van der Waals surface area contributed by atoms with E-state index >= 15 is 0 Å². The van der Waals surface area contributed by atoms with Crippen LogP contribution in [0, 0.1) is 5.92 Å². The van der Waals surface area contributed by atoms with Crippen molar-refractivity contribution in [3.63, 3.8) is 0 Å². The summed E-state index contributed by atoms with van der Waals surface area (Å²) in [6.07, 6.45) is 2.92. The van der Waals surface area contributed by atoms with Gasteiger partial charge in [0.05, 0.1) is 0 Å². The number of aromatic nitrogens is 2. The summed E-state index contributed by atoms with van der Waals surface area (Å²) in [7, 11) is 1.86. The van der Waals surface area contributed by atoms with E-state index in [2.05, 4.69) is 4.98 Å². The van der Waals surface area contributed by atoms with Crippen LogP contribution < -0.4 is 5.73 Å². The van der Waals surface area contributed by atoms with Gasteiger partial charge in [0.25, 0.3) is 0 Å². The average Bonchev–Trinajstić information content (AvgIpc) is 2.48. The van der Waals surface area contributed by atoms with Crippen LogP contribution in [0.3, 0.4) is 0 Å². The molecule has 1 aromatic heterocycles. The number of rotatable bonds is 3. The Morgan fingerprint density at radius 1 is 1.75 bits per heavy atom. The number of aryl methyl sites for hydroxylation is 1. The highest BCUT2D eigenvalue weighted by molar-refractivity contribution is 4.96. The summed E-state index contributed by atoms with van der Waals surface area (Å²) in [5.74, 6) is 0.721. The van der Waals surface area contributed by atoms with Gasteiger partial charge in [-0.15, -0.1) is 0 Å². The Bertz CT molecular complexity index is 246. The maximum absolute atomic E-state index is 9.70. The van der Waals surface area contributed by atoms with Crippen LogP contribution in [0.25, 0.3) is 0 Å². The fraction of sp³-hybridized carbons (Fsp3) is 0.625. The number of hydrogen-bond acceptors (Lipinski definition) is 3. The number of hydrogen-bond donors (Lipinski definition) is 2. The minimum absolute atomic E-state index is 0.0473. The number of imidazole rings is 1. The molecule has 0 spiro atoms. The lowest BCUT2D eigenvalue weighted by atomic mass is 10.1. The van der Waals surface area contributed by atoms with E-state index in [9.17, 15) is 5.11 Å². The van der Waals surface area contributed by atoms with E-state index in [1.165, 1.54) is 0 Å². The minimum atomic E-state index is -0.560. The summed E-state index contributed by atoms with van der Waals surface area (Å²) >= 11 is 0. The Balaban J connectivity index is 2.77. The standard InChI is InChI=1S/C8H15N3O/c1-6(5-9)7(12)8-10-3-4-11(8)2/h3-4,6-7,12H,5,9H2,1-2H3. The molecule has 1 rings (SSSR count). The Kier molecular flexibility index (Phi) is 2.83. The van der Waals surface area contributed by atoms with E-state index in [-0.39, 0.29) is 5.92 Å². The SMILES string of the molecule is CC(CN)C(O)c1nccn1C. The normalized spacial score (nSPS) is 16.0. The highest BCUT2D eigenvalue weighted by Crippen LogP contribution is 2.17. The average molecular weight is 169 g/mol. The van der Waals surface area contributed by atoms with Gasteiger partial charge < -0.3 is 15.4 Å². The summed E-state index contributed by atoms with van der Waals surface area (Å²) in [5.41, 5.74) is 5.43. The van der Waals surface area contributed by atoms with Crippen molar-refractivity contribution in [1.82, 2.24) is 9.55 Å².